The van der Waals surface area contributed by atoms with Crippen LogP contribution in [0, 0.1) is 17.0 Å². The number of esters is 1. The minimum atomic E-state index is -1.08. The summed E-state index contributed by atoms with van der Waals surface area (Å²) in [5, 5.41) is 14.2. The molecule has 0 unspecified atom stereocenters. The first kappa shape index (κ1) is 22.9. The number of anilines is 2. The number of ether oxygens (including phenoxy) is 1. The minimum Gasteiger partial charge on any atom is -0.449 e. The van der Waals surface area contributed by atoms with Gasteiger partial charge in [-0.15, -0.1) is 0 Å². The van der Waals surface area contributed by atoms with Gasteiger partial charge in [0.05, 0.1) is 10.5 Å². The molecule has 0 bridgehead atoms. The first-order chi connectivity index (χ1) is 14.0. The minimum absolute atomic E-state index is 0.00529. The van der Waals surface area contributed by atoms with E-state index in [9.17, 15) is 19.7 Å². The fraction of sp³-hybridized carbons (Fsp3) is 0.364. The Labute approximate surface area is 176 Å². The maximum absolute atomic E-state index is 12.6. The van der Waals surface area contributed by atoms with Gasteiger partial charge in [-0.25, -0.2) is 4.79 Å². The molecule has 2 aromatic carbocycles. The third-order valence-corrected chi connectivity index (χ3v) is 4.72. The molecule has 160 valence electrons. The number of nitro benzene ring substituents is 1. The fourth-order valence-electron chi connectivity index (χ4n) is 3.02. The molecule has 0 aromatic heterocycles. The average Bonchev–Trinajstić information content (AvgIpc) is 2.68. The number of hydrogen-bond acceptors (Lipinski definition) is 6. The molecule has 0 aliphatic rings. The summed E-state index contributed by atoms with van der Waals surface area (Å²) < 4.78 is 5.26. The summed E-state index contributed by atoms with van der Waals surface area (Å²) in [4.78, 5) is 37.4. The van der Waals surface area contributed by atoms with Crippen LogP contribution in [-0.2, 0) is 9.53 Å². The van der Waals surface area contributed by atoms with Crippen LogP contribution >= 0.6 is 0 Å². The molecule has 0 aliphatic heterocycles. The predicted octanol–water partition coefficient (Wildman–Crippen LogP) is 4.28. The molecule has 0 aliphatic carbocycles. The monoisotopic (exact) mass is 413 g/mol. The van der Waals surface area contributed by atoms with E-state index < -0.39 is 22.9 Å². The van der Waals surface area contributed by atoms with Crippen molar-refractivity contribution < 1.29 is 19.2 Å². The molecule has 0 saturated heterocycles. The quantitative estimate of drug-likeness (QED) is 0.413. The number of para-hydroxylation sites is 1. The van der Waals surface area contributed by atoms with Gasteiger partial charge in [-0.3, -0.25) is 14.9 Å². The van der Waals surface area contributed by atoms with Crippen LogP contribution in [0.15, 0.2) is 36.4 Å². The lowest BCUT2D eigenvalue weighted by Crippen LogP contribution is -2.30. The maximum atomic E-state index is 12.6. The molecule has 2 aromatic rings. The van der Waals surface area contributed by atoms with Crippen molar-refractivity contribution in [3.8, 4) is 0 Å². The zero-order valence-corrected chi connectivity index (χ0v) is 18.1. The number of aryl methyl sites for hydroxylation is 1. The van der Waals surface area contributed by atoms with Crippen molar-refractivity contribution in [1.82, 2.24) is 0 Å². The third kappa shape index (κ3) is 5.14. The van der Waals surface area contributed by atoms with Crippen LogP contribution in [0.3, 0.4) is 0 Å². The van der Waals surface area contributed by atoms with Crippen molar-refractivity contribution in [2.45, 2.75) is 39.7 Å². The summed E-state index contributed by atoms with van der Waals surface area (Å²) in [6.45, 7) is 7.41. The first-order valence-electron chi connectivity index (χ1n) is 9.60. The Morgan fingerprint density at radius 3 is 2.37 bits per heavy atom. The van der Waals surface area contributed by atoms with Gasteiger partial charge in [0, 0.05) is 25.8 Å². The van der Waals surface area contributed by atoms with Crippen molar-refractivity contribution in [3.63, 3.8) is 0 Å². The van der Waals surface area contributed by atoms with Crippen molar-refractivity contribution in [3.05, 3.63) is 63.2 Å². The van der Waals surface area contributed by atoms with E-state index in [0.717, 1.165) is 17.2 Å². The molecule has 0 fully saturated rings. The number of hydrogen-bond donors (Lipinski definition) is 1. The lowest BCUT2D eigenvalue weighted by atomic mass is 9.98. The molecule has 0 heterocycles. The lowest BCUT2D eigenvalue weighted by Gasteiger charge is -2.19. The Kier molecular flexibility index (Phi) is 7.15. The molecule has 30 heavy (non-hydrogen) atoms. The molecule has 0 saturated carbocycles. The second-order valence-corrected chi connectivity index (χ2v) is 7.59. The highest BCUT2D eigenvalue weighted by atomic mass is 16.6. The molecule has 0 radical (unpaired) electrons. The van der Waals surface area contributed by atoms with E-state index in [1.165, 1.54) is 19.1 Å². The standard InChI is InChI=1S/C22H27N3O5/c1-13(2)17-9-7-8-14(3)20(17)23-21(26)15(4)30-22(27)16-10-11-18(24(5)6)19(12-16)25(28)29/h7-13,15H,1-6H3,(H,23,26)/t15-/m1/s1. The number of nitro groups is 1. The molecule has 1 N–H and O–H groups in total. The van der Waals surface area contributed by atoms with Gasteiger partial charge in [0.25, 0.3) is 11.6 Å². The predicted molar refractivity (Wildman–Crippen MR) is 116 cm³/mol. The van der Waals surface area contributed by atoms with E-state index in [0.29, 0.717) is 11.4 Å². The largest absolute Gasteiger partial charge is 0.449 e. The molecule has 2 rings (SSSR count). The SMILES string of the molecule is Cc1cccc(C(C)C)c1NC(=O)[C@@H](C)OC(=O)c1ccc(N(C)C)c([N+](=O)[O-])c1. The highest BCUT2D eigenvalue weighted by Crippen LogP contribution is 2.29. The number of carbonyl (C=O) groups is 2. The third-order valence-electron chi connectivity index (χ3n) is 4.72. The van der Waals surface area contributed by atoms with E-state index in [1.54, 1.807) is 19.0 Å². The highest BCUT2D eigenvalue weighted by Gasteiger charge is 2.24. The zero-order chi connectivity index (χ0) is 22.6. The Bertz CT molecular complexity index is 969. The summed E-state index contributed by atoms with van der Waals surface area (Å²) in [7, 11) is 3.34. The molecular formula is C22H27N3O5. The zero-order valence-electron chi connectivity index (χ0n) is 18.1. The van der Waals surface area contributed by atoms with Crippen molar-refractivity contribution in [1.29, 1.82) is 0 Å². The number of carbonyl (C=O) groups excluding carboxylic acids is 2. The Balaban J connectivity index is 2.18. The van der Waals surface area contributed by atoms with Crippen molar-refractivity contribution in [2.24, 2.45) is 0 Å². The van der Waals surface area contributed by atoms with Gasteiger partial charge >= 0.3 is 5.97 Å². The number of nitrogens with one attached hydrogen (secondary N) is 1. The smallest absolute Gasteiger partial charge is 0.339 e. The molecule has 0 spiro atoms. The van der Waals surface area contributed by atoms with Gasteiger partial charge in [0.1, 0.15) is 5.69 Å². The van der Waals surface area contributed by atoms with Gasteiger partial charge in [-0.05, 0) is 43.0 Å². The molecule has 8 heteroatoms. The summed E-state index contributed by atoms with van der Waals surface area (Å²) >= 11 is 0. The molecule has 1 amide bonds. The summed E-state index contributed by atoms with van der Waals surface area (Å²) in [5.41, 5.74) is 2.74. The van der Waals surface area contributed by atoms with Crippen molar-refractivity contribution >= 4 is 28.9 Å². The van der Waals surface area contributed by atoms with Crippen LogP contribution in [0.2, 0.25) is 0 Å². The van der Waals surface area contributed by atoms with Crippen LogP contribution in [0.25, 0.3) is 0 Å². The van der Waals surface area contributed by atoms with E-state index >= 15 is 0 Å². The van der Waals surface area contributed by atoms with Crippen LogP contribution in [0.5, 0.6) is 0 Å². The number of nitrogens with zero attached hydrogens (tertiary/aromatic N) is 2. The lowest BCUT2D eigenvalue weighted by molar-refractivity contribution is -0.384. The topological polar surface area (TPSA) is 102 Å². The Morgan fingerprint density at radius 2 is 1.80 bits per heavy atom. The molecular weight excluding hydrogens is 386 g/mol. The highest BCUT2D eigenvalue weighted by molar-refractivity contribution is 5.98. The van der Waals surface area contributed by atoms with E-state index in [-0.39, 0.29) is 17.2 Å². The van der Waals surface area contributed by atoms with Gasteiger partial charge in [0.2, 0.25) is 0 Å². The normalized spacial score (nSPS) is 11.7. The average molecular weight is 413 g/mol. The van der Waals surface area contributed by atoms with Gasteiger partial charge < -0.3 is 15.0 Å². The summed E-state index contributed by atoms with van der Waals surface area (Å²) in [6, 6.07) is 9.82. The second-order valence-electron chi connectivity index (χ2n) is 7.59. The summed E-state index contributed by atoms with van der Waals surface area (Å²) in [5.74, 6) is -1.08. The maximum Gasteiger partial charge on any atom is 0.339 e. The van der Waals surface area contributed by atoms with Crippen LogP contribution in [-0.4, -0.2) is 37.0 Å². The first-order valence-corrected chi connectivity index (χ1v) is 9.60. The van der Waals surface area contributed by atoms with Gasteiger partial charge in [0.15, 0.2) is 6.10 Å². The number of rotatable bonds is 7. The molecule has 1 atom stereocenters. The number of benzene rings is 2. The Morgan fingerprint density at radius 1 is 1.13 bits per heavy atom. The van der Waals surface area contributed by atoms with Crippen LogP contribution < -0.4 is 10.2 Å². The van der Waals surface area contributed by atoms with Crippen LogP contribution in [0.4, 0.5) is 17.1 Å². The molecule has 8 nitrogen and oxygen atoms in total. The number of amides is 1. The van der Waals surface area contributed by atoms with Crippen molar-refractivity contribution in [2.75, 3.05) is 24.3 Å². The van der Waals surface area contributed by atoms with Crippen LogP contribution in [0.1, 0.15) is 48.2 Å². The van der Waals surface area contributed by atoms with E-state index in [4.69, 9.17) is 4.74 Å². The van der Waals surface area contributed by atoms with Gasteiger partial charge in [-0.2, -0.15) is 0 Å². The second kappa shape index (κ2) is 9.39. The fourth-order valence-corrected chi connectivity index (χ4v) is 3.02. The van der Waals surface area contributed by atoms with E-state index in [1.807, 2.05) is 39.0 Å². The van der Waals surface area contributed by atoms with Gasteiger partial charge in [-0.1, -0.05) is 32.0 Å². The summed E-state index contributed by atoms with van der Waals surface area (Å²) in [6.07, 6.45) is -1.08. The van der Waals surface area contributed by atoms with E-state index in [2.05, 4.69) is 5.32 Å². The Hall–Kier alpha value is -3.42.